The highest BCUT2D eigenvalue weighted by atomic mass is 127. The van der Waals surface area contributed by atoms with E-state index in [1.54, 1.807) is 11.9 Å². The van der Waals surface area contributed by atoms with Crippen LogP contribution in [-0.2, 0) is 9.59 Å². The van der Waals surface area contributed by atoms with E-state index in [4.69, 9.17) is 0 Å². The molecule has 3 rings (SSSR count). The minimum atomic E-state index is -0.570. The molecule has 2 aliphatic heterocycles. The van der Waals surface area contributed by atoms with Gasteiger partial charge in [0.1, 0.15) is 17.3 Å². The van der Waals surface area contributed by atoms with E-state index in [1.807, 2.05) is 0 Å². The zero-order chi connectivity index (χ0) is 20.1. The van der Waals surface area contributed by atoms with Gasteiger partial charge < -0.3 is 15.5 Å². The van der Waals surface area contributed by atoms with E-state index < -0.39 is 11.6 Å². The largest absolute Gasteiger partial charge is 0.365 e. The Morgan fingerprint density at radius 3 is 2.48 bits per heavy atom. The van der Waals surface area contributed by atoms with Crippen LogP contribution in [0.15, 0.2) is 23.2 Å². The van der Waals surface area contributed by atoms with Crippen molar-refractivity contribution in [1.29, 1.82) is 0 Å². The molecule has 0 aromatic heterocycles. The molecule has 0 bridgehead atoms. The highest BCUT2D eigenvalue weighted by Crippen LogP contribution is 2.26. The fourth-order valence-electron chi connectivity index (χ4n) is 3.60. The average Bonchev–Trinajstić information content (AvgIpc) is 3.11. The maximum atomic E-state index is 14.0. The van der Waals surface area contributed by atoms with Crippen LogP contribution in [0.4, 0.5) is 14.5 Å². The Bertz CT molecular complexity index is 741. The number of nitrogens with one attached hydrogen (secondary N) is 2. The summed E-state index contributed by atoms with van der Waals surface area (Å²) in [6.07, 6.45) is 2.13. The number of carbonyl (C=O) groups excluding carboxylic acids is 2. The van der Waals surface area contributed by atoms with Crippen LogP contribution in [0.2, 0.25) is 0 Å². The van der Waals surface area contributed by atoms with Gasteiger partial charge in [0.15, 0.2) is 5.96 Å². The lowest BCUT2D eigenvalue weighted by Gasteiger charge is -2.25. The van der Waals surface area contributed by atoms with E-state index in [0.717, 1.165) is 0 Å². The van der Waals surface area contributed by atoms with Crippen LogP contribution in [0.5, 0.6) is 0 Å². The number of halogens is 3. The number of nitrogens with zero attached hydrogens (tertiary/aromatic N) is 3. The number of hydrogen-bond acceptors (Lipinski definition) is 4. The number of carbonyl (C=O) groups is 2. The van der Waals surface area contributed by atoms with Crippen molar-refractivity contribution >= 4 is 47.4 Å². The van der Waals surface area contributed by atoms with Gasteiger partial charge in [-0.2, -0.15) is 0 Å². The van der Waals surface area contributed by atoms with E-state index in [0.29, 0.717) is 51.3 Å². The number of likely N-dealkylation sites (tertiary alicyclic amines) is 1. The van der Waals surface area contributed by atoms with Gasteiger partial charge in [-0.1, -0.05) is 6.07 Å². The van der Waals surface area contributed by atoms with Gasteiger partial charge in [0.2, 0.25) is 11.8 Å². The van der Waals surface area contributed by atoms with E-state index in [-0.39, 0.29) is 54.1 Å². The summed E-state index contributed by atoms with van der Waals surface area (Å²) < 4.78 is 27.9. The van der Waals surface area contributed by atoms with Crippen molar-refractivity contribution in [3.05, 3.63) is 29.8 Å². The second kappa shape index (κ2) is 10.7. The summed E-state index contributed by atoms with van der Waals surface area (Å²) >= 11 is 0. The topological polar surface area (TPSA) is 77.0 Å². The third kappa shape index (κ3) is 5.77. The van der Waals surface area contributed by atoms with Crippen molar-refractivity contribution in [1.82, 2.24) is 15.5 Å². The molecule has 0 saturated carbocycles. The highest BCUT2D eigenvalue weighted by Gasteiger charge is 2.28. The minimum Gasteiger partial charge on any atom is -0.365 e. The van der Waals surface area contributed by atoms with Gasteiger partial charge >= 0.3 is 0 Å². The van der Waals surface area contributed by atoms with E-state index in [1.165, 1.54) is 23.1 Å². The van der Waals surface area contributed by atoms with Crippen molar-refractivity contribution in [3.63, 3.8) is 0 Å². The van der Waals surface area contributed by atoms with Crippen LogP contribution in [0.1, 0.15) is 25.7 Å². The minimum absolute atomic E-state index is 0. The molecule has 2 aliphatic rings. The monoisotopic (exact) mass is 521 g/mol. The number of amides is 2. The molecule has 0 aliphatic carbocycles. The summed E-state index contributed by atoms with van der Waals surface area (Å²) in [7, 11) is 1.62. The lowest BCUT2D eigenvalue weighted by atomic mass is 10.1. The van der Waals surface area contributed by atoms with Crippen molar-refractivity contribution in [2.75, 3.05) is 38.1 Å². The molecule has 2 heterocycles. The van der Waals surface area contributed by atoms with Crippen molar-refractivity contribution < 1.29 is 18.4 Å². The molecule has 7 nitrogen and oxygen atoms in total. The lowest BCUT2D eigenvalue weighted by molar-refractivity contribution is -0.147. The van der Waals surface area contributed by atoms with Gasteiger partial charge in [-0.15, -0.1) is 24.0 Å². The Labute approximate surface area is 185 Å². The number of para-hydroxylation sites is 1. The number of aliphatic imine (C=N–C) groups is 1. The smallest absolute Gasteiger partial charge is 0.229 e. The quantitative estimate of drug-likeness (QED) is 0.268. The first-order valence-corrected chi connectivity index (χ1v) is 9.49. The molecule has 1 aromatic rings. The molecule has 160 valence electrons. The van der Waals surface area contributed by atoms with Crippen LogP contribution in [0, 0.1) is 11.6 Å². The Balaban J connectivity index is 0.00000300. The first-order chi connectivity index (χ1) is 13.5. The molecule has 10 heteroatoms. The number of guanidine groups is 1. The van der Waals surface area contributed by atoms with Crippen LogP contribution in [-0.4, -0.2) is 61.9 Å². The summed E-state index contributed by atoms with van der Waals surface area (Å²) in [5.41, 5.74) is -0.00290. The fraction of sp³-hybridized carbons (Fsp3) is 0.526. The molecule has 29 heavy (non-hydrogen) atoms. The Morgan fingerprint density at radius 2 is 1.86 bits per heavy atom. The molecule has 2 N–H and O–H groups in total. The zero-order valence-corrected chi connectivity index (χ0v) is 18.6. The molecular weight excluding hydrogens is 495 g/mol. The predicted molar refractivity (Wildman–Crippen MR) is 117 cm³/mol. The SMILES string of the molecule is CN=C(NCCN1C(=O)CCCC1=O)NC1CCN(c2c(F)cccc2F)C1.I. The van der Waals surface area contributed by atoms with Crippen LogP contribution in [0.3, 0.4) is 0 Å². The first kappa shape index (κ1) is 23.3. The fourth-order valence-corrected chi connectivity index (χ4v) is 3.60. The Morgan fingerprint density at radius 1 is 1.21 bits per heavy atom. The Kier molecular flexibility index (Phi) is 8.60. The first-order valence-electron chi connectivity index (χ1n) is 9.49. The van der Waals surface area contributed by atoms with Gasteiger partial charge in [0.25, 0.3) is 0 Å². The van der Waals surface area contributed by atoms with E-state index >= 15 is 0 Å². The van der Waals surface area contributed by atoms with Gasteiger partial charge in [-0.25, -0.2) is 8.78 Å². The molecule has 0 radical (unpaired) electrons. The second-order valence-electron chi connectivity index (χ2n) is 6.94. The summed E-state index contributed by atoms with van der Waals surface area (Å²) in [5, 5.41) is 6.32. The average molecular weight is 521 g/mol. The molecule has 2 amide bonds. The standard InChI is InChI=1S/C19H25F2N5O2.HI/c1-22-19(23-9-11-26-16(27)6-3-7-17(26)28)24-13-8-10-25(12-13)18-14(20)4-2-5-15(18)21;/h2,4-5,13H,3,6-12H2,1H3,(H2,22,23,24);1H. The van der Waals surface area contributed by atoms with Gasteiger partial charge in [-0.3, -0.25) is 19.5 Å². The summed E-state index contributed by atoms with van der Waals surface area (Å²) in [5.74, 6) is -0.894. The number of imide groups is 1. The van der Waals surface area contributed by atoms with Gasteiger partial charge in [0, 0.05) is 52.1 Å². The molecular formula is C19H26F2IN5O2. The predicted octanol–water partition coefficient (Wildman–Crippen LogP) is 1.87. The van der Waals surface area contributed by atoms with Crippen molar-refractivity contribution in [2.24, 2.45) is 4.99 Å². The molecule has 1 atom stereocenters. The summed E-state index contributed by atoms with van der Waals surface area (Å²) in [6, 6.07) is 3.83. The third-order valence-corrected chi connectivity index (χ3v) is 5.02. The van der Waals surface area contributed by atoms with Gasteiger partial charge in [0.05, 0.1) is 0 Å². The molecule has 1 aromatic carbocycles. The maximum absolute atomic E-state index is 14.0. The molecule has 2 fully saturated rings. The summed E-state index contributed by atoms with van der Waals surface area (Å²) in [4.78, 5) is 30.7. The second-order valence-corrected chi connectivity index (χ2v) is 6.94. The zero-order valence-electron chi connectivity index (χ0n) is 16.3. The lowest BCUT2D eigenvalue weighted by Crippen LogP contribution is -2.48. The Hall–Kier alpha value is -1.98. The third-order valence-electron chi connectivity index (χ3n) is 5.02. The molecule has 0 spiro atoms. The molecule has 1 unspecified atom stereocenters. The van der Waals surface area contributed by atoms with Crippen molar-refractivity contribution in [2.45, 2.75) is 31.7 Å². The number of piperidine rings is 1. The van der Waals surface area contributed by atoms with E-state index in [2.05, 4.69) is 15.6 Å². The van der Waals surface area contributed by atoms with E-state index in [9.17, 15) is 18.4 Å². The summed E-state index contributed by atoms with van der Waals surface area (Å²) in [6.45, 7) is 1.65. The normalized spacial score (nSPS) is 20.0. The maximum Gasteiger partial charge on any atom is 0.229 e. The number of anilines is 1. The number of rotatable bonds is 5. The van der Waals surface area contributed by atoms with Crippen molar-refractivity contribution in [3.8, 4) is 0 Å². The number of benzene rings is 1. The van der Waals surface area contributed by atoms with Gasteiger partial charge in [-0.05, 0) is 25.0 Å². The van der Waals surface area contributed by atoms with Crippen LogP contribution < -0.4 is 15.5 Å². The van der Waals surface area contributed by atoms with Crippen LogP contribution in [0.25, 0.3) is 0 Å². The number of hydrogen-bond donors (Lipinski definition) is 2. The highest BCUT2D eigenvalue weighted by molar-refractivity contribution is 14.0. The molecule has 2 saturated heterocycles. The van der Waals surface area contributed by atoms with Crippen LogP contribution >= 0.6 is 24.0 Å².